The van der Waals surface area contributed by atoms with Gasteiger partial charge in [0.05, 0.1) is 12.2 Å². The number of aromatic hydroxyl groups is 1. The van der Waals surface area contributed by atoms with Gasteiger partial charge in [-0.25, -0.2) is 4.39 Å². The second-order valence-electron chi connectivity index (χ2n) is 11.3. The molecule has 1 aliphatic rings. The van der Waals surface area contributed by atoms with E-state index < -0.39 is 24.1 Å². The number of hydrogen-bond acceptors (Lipinski definition) is 4. The fraction of sp³-hybridized carbons (Fsp3) is 0.314. The first-order valence-electron chi connectivity index (χ1n) is 14.9. The number of phenols is 1. The molecule has 0 saturated carbocycles. The first kappa shape index (κ1) is 31.8. The lowest BCUT2D eigenvalue weighted by Crippen LogP contribution is -2.39. The summed E-state index contributed by atoms with van der Waals surface area (Å²) in [6, 6.07) is 17.1. The van der Waals surface area contributed by atoms with Crippen LogP contribution < -0.4 is 5.32 Å². The Kier molecular flexibility index (Phi) is 9.63. The van der Waals surface area contributed by atoms with Crippen LogP contribution in [0.5, 0.6) is 5.75 Å². The minimum absolute atomic E-state index is 0.127. The SMILES string of the molecule is C=CCC(F)(F)C(=O)NCc1ccc(F)c(C2CCN(C(=O)c3cn(CCOC)c4cccc(-c5cccc(O)c5)c34)CC2)c1. The largest absolute Gasteiger partial charge is 0.508 e. The number of ether oxygens (including phenoxy) is 1. The van der Waals surface area contributed by atoms with Crippen molar-refractivity contribution in [1.29, 1.82) is 0 Å². The molecule has 45 heavy (non-hydrogen) atoms. The number of fused-ring (bicyclic) bond motifs is 1. The van der Waals surface area contributed by atoms with Crippen LogP contribution in [0.25, 0.3) is 22.0 Å². The van der Waals surface area contributed by atoms with Crippen LogP contribution in [-0.2, 0) is 22.6 Å². The number of aromatic nitrogens is 1. The Morgan fingerprint density at radius 3 is 2.58 bits per heavy atom. The molecule has 0 unspecified atom stereocenters. The van der Waals surface area contributed by atoms with Crippen molar-refractivity contribution in [2.24, 2.45) is 0 Å². The van der Waals surface area contributed by atoms with Gasteiger partial charge in [-0.1, -0.05) is 42.5 Å². The van der Waals surface area contributed by atoms with Gasteiger partial charge >= 0.3 is 5.92 Å². The van der Waals surface area contributed by atoms with Crippen LogP contribution in [-0.4, -0.2) is 59.1 Å². The number of alkyl halides is 2. The van der Waals surface area contributed by atoms with E-state index in [1.165, 1.54) is 12.1 Å². The molecule has 2 amide bonds. The van der Waals surface area contributed by atoms with Gasteiger partial charge in [0.1, 0.15) is 11.6 Å². The second-order valence-corrected chi connectivity index (χ2v) is 11.3. The summed E-state index contributed by atoms with van der Waals surface area (Å²) in [5.74, 6) is -5.58. The minimum Gasteiger partial charge on any atom is -0.508 e. The summed E-state index contributed by atoms with van der Waals surface area (Å²) in [7, 11) is 1.62. The first-order valence-corrected chi connectivity index (χ1v) is 14.9. The van der Waals surface area contributed by atoms with Crippen LogP contribution in [0.15, 0.2) is 79.5 Å². The number of hydrogen-bond donors (Lipinski definition) is 2. The maximum absolute atomic E-state index is 14.9. The van der Waals surface area contributed by atoms with E-state index in [2.05, 4.69) is 11.9 Å². The number of benzene rings is 3. The van der Waals surface area contributed by atoms with E-state index in [0.29, 0.717) is 55.8 Å². The third kappa shape index (κ3) is 6.91. The smallest absolute Gasteiger partial charge is 0.327 e. The maximum Gasteiger partial charge on any atom is 0.327 e. The lowest BCUT2D eigenvalue weighted by Gasteiger charge is -2.32. The molecule has 2 N–H and O–H groups in total. The number of carbonyl (C=O) groups is 2. The number of rotatable bonds is 11. The van der Waals surface area contributed by atoms with Gasteiger partial charge in [-0.3, -0.25) is 9.59 Å². The zero-order valence-electron chi connectivity index (χ0n) is 25.1. The normalized spacial score (nSPS) is 14.1. The number of allylic oxidation sites excluding steroid dienone is 1. The highest BCUT2D eigenvalue weighted by molar-refractivity contribution is 6.12. The number of nitrogens with one attached hydrogen (secondary N) is 1. The molecule has 10 heteroatoms. The number of carbonyl (C=O) groups excluding carboxylic acids is 2. The Balaban J connectivity index is 1.35. The molecule has 1 aliphatic heterocycles. The summed E-state index contributed by atoms with van der Waals surface area (Å²) in [5, 5.41) is 13.1. The third-order valence-electron chi connectivity index (χ3n) is 8.30. The predicted molar refractivity (Wildman–Crippen MR) is 167 cm³/mol. The molecule has 0 aliphatic carbocycles. The summed E-state index contributed by atoms with van der Waals surface area (Å²) in [4.78, 5) is 27.7. The lowest BCUT2D eigenvalue weighted by molar-refractivity contribution is -0.145. The van der Waals surface area contributed by atoms with Crippen molar-refractivity contribution in [2.45, 2.75) is 44.2 Å². The summed E-state index contributed by atoms with van der Waals surface area (Å²) in [6.07, 6.45) is 3.09. The number of halogens is 3. The molecule has 0 atom stereocenters. The number of methoxy groups -OCH3 is 1. The molecule has 5 rings (SSSR count). The Hall–Kier alpha value is -4.57. The summed E-state index contributed by atoms with van der Waals surface area (Å²) in [6.45, 7) is 4.91. The van der Waals surface area contributed by atoms with Gasteiger partial charge < -0.3 is 24.6 Å². The molecule has 0 spiro atoms. The topological polar surface area (TPSA) is 83.8 Å². The van der Waals surface area contributed by atoms with Gasteiger partial charge in [0.2, 0.25) is 0 Å². The van der Waals surface area contributed by atoms with E-state index in [4.69, 9.17) is 4.74 Å². The zero-order chi connectivity index (χ0) is 32.1. The molecule has 3 aromatic carbocycles. The van der Waals surface area contributed by atoms with E-state index in [0.717, 1.165) is 28.1 Å². The molecule has 4 aromatic rings. The Labute approximate surface area is 259 Å². The monoisotopic (exact) mass is 619 g/mol. The van der Waals surface area contributed by atoms with Gasteiger partial charge in [-0.15, -0.1) is 6.58 Å². The molecule has 2 heterocycles. The van der Waals surface area contributed by atoms with Gasteiger partial charge in [-0.05, 0) is 65.3 Å². The van der Waals surface area contributed by atoms with Crippen molar-refractivity contribution in [3.8, 4) is 16.9 Å². The van der Waals surface area contributed by atoms with E-state index in [1.807, 2.05) is 35.0 Å². The van der Waals surface area contributed by atoms with Crippen molar-refractivity contribution in [3.63, 3.8) is 0 Å². The molecular weight excluding hydrogens is 583 g/mol. The average molecular weight is 620 g/mol. The molecular formula is C35H36F3N3O4. The van der Waals surface area contributed by atoms with Crippen LogP contribution in [0.4, 0.5) is 13.2 Å². The summed E-state index contributed by atoms with van der Waals surface area (Å²) >= 11 is 0. The van der Waals surface area contributed by atoms with Crippen LogP contribution >= 0.6 is 0 Å². The number of piperidine rings is 1. The number of amides is 2. The molecule has 0 bridgehead atoms. The Bertz CT molecular complexity index is 1710. The average Bonchev–Trinajstić information content (AvgIpc) is 3.41. The summed E-state index contributed by atoms with van der Waals surface area (Å²) in [5.41, 5.74) is 3.97. The fourth-order valence-corrected chi connectivity index (χ4v) is 5.97. The standard InChI is InChI=1S/C35H36F3N3O4/c1-3-14-35(37,38)34(44)39-21-23-10-11-30(36)28(19-23)24-12-15-40(16-13-24)33(43)29-22-41(17-18-45-2)31-9-5-8-27(32(29)31)25-6-4-7-26(42)20-25/h3-11,19-20,22,24,42H,1,12-18,21H2,2H3,(H,39,44). The fourth-order valence-electron chi connectivity index (χ4n) is 5.97. The number of likely N-dealkylation sites (tertiary alicyclic amines) is 1. The molecule has 1 saturated heterocycles. The Morgan fingerprint density at radius 1 is 1.11 bits per heavy atom. The van der Waals surface area contributed by atoms with Crippen molar-refractivity contribution in [1.82, 2.24) is 14.8 Å². The van der Waals surface area contributed by atoms with Crippen LogP contribution in [0, 0.1) is 5.82 Å². The van der Waals surface area contributed by atoms with Crippen LogP contribution in [0.2, 0.25) is 0 Å². The zero-order valence-corrected chi connectivity index (χ0v) is 25.1. The predicted octanol–water partition coefficient (Wildman–Crippen LogP) is 6.65. The second kappa shape index (κ2) is 13.6. The first-order chi connectivity index (χ1) is 21.6. The van der Waals surface area contributed by atoms with E-state index in [9.17, 15) is 27.9 Å². The van der Waals surface area contributed by atoms with E-state index in [-0.39, 0.29) is 24.1 Å². The van der Waals surface area contributed by atoms with Gasteiger partial charge in [0, 0.05) is 56.8 Å². The molecule has 236 valence electrons. The van der Waals surface area contributed by atoms with Crippen LogP contribution in [0.3, 0.4) is 0 Å². The highest BCUT2D eigenvalue weighted by Crippen LogP contribution is 2.36. The highest BCUT2D eigenvalue weighted by Gasteiger charge is 2.37. The molecule has 0 radical (unpaired) electrons. The Morgan fingerprint density at radius 2 is 1.87 bits per heavy atom. The highest BCUT2D eigenvalue weighted by atomic mass is 19.3. The number of nitrogens with zero attached hydrogens (tertiary/aromatic N) is 2. The lowest BCUT2D eigenvalue weighted by atomic mass is 9.87. The van der Waals surface area contributed by atoms with Crippen molar-refractivity contribution < 1.29 is 32.6 Å². The third-order valence-corrected chi connectivity index (χ3v) is 8.30. The molecule has 1 aromatic heterocycles. The maximum atomic E-state index is 14.9. The quantitative estimate of drug-likeness (QED) is 0.184. The van der Waals surface area contributed by atoms with Crippen molar-refractivity contribution in [2.75, 3.05) is 26.8 Å². The minimum atomic E-state index is -3.57. The van der Waals surface area contributed by atoms with Crippen molar-refractivity contribution >= 4 is 22.7 Å². The van der Waals surface area contributed by atoms with Crippen LogP contribution in [0.1, 0.15) is 46.7 Å². The van der Waals surface area contributed by atoms with E-state index in [1.54, 1.807) is 36.3 Å². The van der Waals surface area contributed by atoms with E-state index >= 15 is 0 Å². The number of phenolic OH excluding ortho intramolecular Hbond substituents is 1. The van der Waals surface area contributed by atoms with Gasteiger partial charge in [0.25, 0.3) is 11.8 Å². The van der Waals surface area contributed by atoms with Crippen molar-refractivity contribution in [3.05, 3.63) is 102 Å². The molecule has 7 nitrogen and oxygen atoms in total. The van der Waals surface area contributed by atoms with Gasteiger partial charge in [0.15, 0.2) is 0 Å². The molecule has 1 fully saturated rings. The summed E-state index contributed by atoms with van der Waals surface area (Å²) < 4.78 is 49.9. The van der Waals surface area contributed by atoms with Gasteiger partial charge in [-0.2, -0.15) is 8.78 Å².